The van der Waals surface area contributed by atoms with Gasteiger partial charge in [-0.3, -0.25) is 4.79 Å². The quantitative estimate of drug-likeness (QED) is 0.239. The van der Waals surface area contributed by atoms with E-state index in [4.69, 9.17) is 11.6 Å². The molecule has 1 saturated heterocycles. The van der Waals surface area contributed by atoms with E-state index in [1.165, 1.54) is 28.6 Å². The number of sulfonamides is 1. The average molecular weight is 612 g/mol. The lowest BCUT2D eigenvalue weighted by molar-refractivity contribution is -0.113. The molecule has 0 unspecified atom stereocenters. The van der Waals surface area contributed by atoms with Gasteiger partial charge in [0.1, 0.15) is 11.4 Å². The molecule has 43 heavy (non-hydrogen) atoms. The summed E-state index contributed by atoms with van der Waals surface area (Å²) >= 11 is 6.00. The first-order valence-electron chi connectivity index (χ1n) is 13.4. The van der Waals surface area contributed by atoms with Gasteiger partial charge in [-0.2, -0.15) is 4.31 Å². The summed E-state index contributed by atoms with van der Waals surface area (Å²) < 4.78 is 31.9. The van der Waals surface area contributed by atoms with Crippen molar-refractivity contribution >= 4 is 39.6 Å². The lowest BCUT2D eigenvalue weighted by atomic mass is 9.97. The van der Waals surface area contributed by atoms with Gasteiger partial charge >= 0.3 is 0 Å². The Kier molecular flexibility index (Phi) is 8.10. The summed E-state index contributed by atoms with van der Waals surface area (Å²) in [7, 11) is -3.97. The maximum absolute atomic E-state index is 13.7. The fourth-order valence-electron chi connectivity index (χ4n) is 4.75. The Hall–Kier alpha value is -4.71. The van der Waals surface area contributed by atoms with Gasteiger partial charge in [-0.1, -0.05) is 82.7 Å². The van der Waals surface area contributed by atoms with Crippen LogP contribution in [0, 0.1) is 0 Å². The zero-order valence-corrected chi connectivity index (χ0v) is 24.4. The molecule has 0 spiro atoms. The van der Waals surface area contributed by atoms with E-state index in [0.717, 1.165) is 11.1 Å². The van der Waals surface area contributed by atoms with Gasteiger partial charge in [0.2, 0.25) is 10.0 Å². The second-order valence-electron chi connectivity index (χ2n) is 10.0. The van der Waals surface area contributed by atoms with Gasteiger partial charge in [-0.25, -0.2) is 17.8 Å². The molecule has 1 fully saturated rings. The van der Waals surface area contributed by atoms with Crippen LogP contribution in [0.5, 0.6) is 0 Å². The minimum atomic E-state index is -3.97. The van der Waals surface area contributed by atoms with Crippen molar-refractivity contribution in [2.45, 2.75) is 18.0 Å². The highest BCUT2D eigenvalue weighted by Crippen LogP contribution is 2.27. The molecular formula is C31H26ClN7O3S. The highest BCUT2D eigenvalue weighted by Gasteiger charge is 2.34. The van der Waals surface area contributed by atoms with Crippen LogP contribution in [-0.2, 0) is 27.9 Å². The SMILES string of the molecule is O=C1C(=Cc2cn(Cc3ccccc3)nn2)CN(S(=O)(=O)c2ccc(Cl)cc2)CC1=Cc1cn(Cc2ccccc2)nn1. The summed E-state index contributed by atoms with van der Waals surface area (Å²) in [6, 6.07) is 25.5. The maximum Gasteiger partial charge on any atom is 0.243 e. The van der Waals surface area contributed by atoms with Crippen LogP contribution in [-0.4, -0.2) is 61.6 Å². The van der Waals surface area contributed by atoms with Crippen LogP contribution in [0.3, 0.4) is 0 Å². The number of hydrogen-bond donors (Lipinski definition) is 0. The topological polar surface area (TPSA) is 116 Å². The van der Waals surface area contributed by atoms with E-state index in [0.29, 0.717) is 29.5 Å². The molecule has 0 atom stereocenters. The van der Waals surface area contributed by atoms with Crippen LogP contribution in [0.15, 0.2) is 113 Å². The smallest absolute Gasteiger partial charge is 0.243 e. The van der Waals surface area contributed by atoms with E-state index >= 15 is 0 Å². The van der Waals surface area contributed by atoms with Crippen LogP contribution in [0.25, 0.3) is 12.2 Å². The van der Waals surface area contributed by atoms with Crippen molar-refractivity contribution in [3.8, 4) is 0 Å². The summed E-state index contributed by atoms with van der Waals surface area (Å²) in [6.45, 7) is 0.748. The first-order valence-corrected chi connectivity index (χ1v) is 15.2. The van der Waals surface area contributed by atoms with Crippen LogP contribution < -0.4 is 0 Å². The molecule has 3 heterocycles. The second-order valence-corrected chi connectivity index (χ2v) is 12.4. The minimum Gasteiger partial charge on any atom is -0.289 e. The number of halogens is 1. The first-order chi connectivity index (χ1) is 20.8. The lowest BCUT2D eigenvalue weighted by Gasteiger charge is -2.29. The Labute approximate surface area is 253 Å². The molecule has 0 amide bonds. The number of benzene rings is 3. The van der Waals surface area contributed by atoms with E-state index in [2.05, 4.69) is 20.6 Å². The summed E-state index contributed by atoms with van der Waals surface area (Å²) in [5, 5.41) is 17.2. The summed E-state index contributed by atoms with van der Waals surface area (Å²) in [4.78, 5) is 13.8. The van der Waals surface area contributed by atoms with Crippen LogP contribution >= 0.6 is 11.6 Å². The largest absolute Gasteiger partial charge is 0.289 e. The molecule has 0 N–H and O–H groups in total. The molecule has 216 valence electrons. The molecule has 5 aromatic rings. The van der Waals surface area contributed by atoms with Crippen LogP contribution in [0.2, 0.25) is 5.02 Å². The fraction of sp³-hybridized carbons (Fsp3) is 0.129. The third kappa shape index (κ3) is 6.69. The molecule has 1 aliphatic heterocycles. The third-order valence-corrected chi connectivity index (χ3v) is 8.92. The molecular weight excluding hydrogens is 586 g/mol. The van der Waals surface area contributed by atoms with Gasteiger partial charge in [0.25, 0.3) is 0 Å². The van der Waals surface area contributed by atoms with Gasteiger partial charge in [-0.15, -0.1) is 10.2 Å². The van der Waals surface area contributed by atoms with E-state index in [1.54, 1.807) is 33.9 Å². The van der Waals surface area contributed by atoms with Crippen molar-refractivity contribution in [3.05, 3.63) is 136 Å². The fourth-order valence-corrected chi connectivity index (χ4v) is 6.27. The molecule has 0 bridgehead atoms. The van der Waals surface area contributed by atoms with Crippen molar-refractivity contribution < 1.29 is 13.2 Å². The molecule has 6 rings (SSSR count). The number of carbonyl (C=O) groups excluding carboxylic acids is 1. The molecule has 2 aromatic heterocycles. The van der Waals surface area contributed by atoms with Crippen molar-refractivity contribution in [1.82, 2.24) is 34.3 Å². The Morgan fingerprint density at radius 2 is 1.16 bits per heavy atom. The Bertz CT molecular complexity index is 1810. The maximum atomic E-state index is 13.7. The first kappa shape index (κ1) is 28.4. The van der Waals surface area contributed by atoms with Gasteiger partial charge in [-0.05, 0) is 47.5 Å². The van der Waals surface area contributed by atoms with Crippen LogP contribution in [0.4, 0.5) is 0 Å². The zero-order valence-electron chi connectivity index (χ0n) is 22.9. The predicted octanol–water partition coefficient (Wildman–Crippen LogP) is 4.36. The Balaban J connectivity index is 1.31. The van der Waals surface area contributed by atoms with Crippen molar-refractivity contribution in [1.29, 1.82) is 0 Å². The highest BCUT2D eigenvalue weighted by atomic mass is 35.5. The number of nitrogens with zero attached hydrogens (tertiary/aromatic N) is 7. The number of Topliss-reactive ketones (excluding diaryl/α,β-unsaturated/α-hetero) is 1. The molecule has 12 heteroatoms. The molecule has 0 aliphatic carbocycles. The normalized spacial score (nSPS) is 16.3. The van der Waals surface area contributed by atoms with Crippen molar-refractivity contribution in [2.24, 2.45) is 0 Å². The van der Waals surface area contributed by atoms with Gasteiger partial charge in [0.05, 0.1) is 30.4 Å². The highest BCUT2D eigenvalue weighted by molar-refractivity contribution is 7.89. The van der Waals surface area contributed by atoms with E-state index in [1.807, 2.05) is 60.7 Å². The zero-order chi connectivity index (χ0) is 29.8. The van der Waals surface area contributed by atoms with Crippen molar-refractivity contribution in [3.63, 3.8) is 0 Å². The van der Waals surface area contributed by atoms with Crippen molar-refractivity contribution in [2.75, 3.05) is 13.1 Å². The molecule has 10 nitrogen and oxygen atoms in total. The number of rotatable bonds is 8. The Morgan fingerprint density at radius 3 is 1.63 bits per heavy atom. The number of piperidine rings is 1. The number of ketones is 1. The number of carbonyl (C=O) groups is 1. The van der Waals surface area contributed by atoms with E-state index in [9.17, 15) is 13.2 Å². The Morgan fingerprint density at radius 1 is 0.698 bits per heavy atom. The summed E-state index contributed by atoms with van der Waals surface area (Å²) in [5.74, 6) is -0.294. The van der Waals surface area contributed by atoms with Gasteiger partial charge in [0.15, 0.2) is 5.78 Å². The molecule has 3 aromatic carbocycles. The summed E-state index contributed by atoms with van der Waals surface area (Å²) in [5.41, 5.74) is 3.51. The van der Waals surface area contributed by atoms with E-state index in [-0.39, 0.29) is 34.9 Å². The minimum absolute atomic E-state index is 0.0764. The molecule has 0 saturated carbocycles. The monoisotopic (exact) mass is 611 g/mol. The summed E-state index contributed by atoms with van der Waals surface area (Å²) in [6.07, 6.45) is 6.61. The molecule has 1 aliphatic rings. The van der Waals surface area contributed by atoms with Gasteiger partial charge < -0.3 is 0 Å². The lowest BCUT2D eigenvalue weighted by Crippen LogP contribution is -2.41. The number of hydrogen-bond acceptors (Lipinski definition) is 7. The molecule has 0 radical (unpaired) electrons. The third-order valence-electron chi connectivity index (χ3n) is 6.86. The second kappa shape index (κ2) is 12.3. The average Bonchev–Trinajstić information content (AvgIpc) is 3.65. The number of aromatic nitrogens is 6. The standard InChI is InChI=1S/C31H26ClN7O3S/c32-27-11-13-30(14-12-27)43(41,42)39-19-25(15-28-21-37(35-33-28)17-23-7-3-1-4-8-23)31(40)26(20-39)16-29-22-38(36-34-29)18-24-9-5-2-6-10-24/h1-16,21-22H,17-20H2. The van der Waals surface area contributed by atoms with E-state index < -0.39 is 10.0 Å². The van der Waals surface area contributed by atoms with Crippen LogP contribution in [0.1, 0.15) is 22.5 Å². The van der Waals surface area contributed by atoms with Gasteiger partial charge in [0, 0.05) is 29.3 Å². The predicted molar refractivity (Wildman–Crippen MR) is 162 cm³/mol.